The van der Waals surface area contributed by atoms with E-state index in [9.17, 15) is 8.78 Å². The van der Waals surface area contributed by atoms with Crippen LogP contribution in [0.1, 0.15) is 43.7 Å². The Balaban J connectivity index is 1.92. The van der Waals surface area contributed by atoms with Crippen molar-refractivity contribution >= 4 is 6.08 Å². The van der Waals surface area contributed by atoms with Gasteiger partial charge in [-0.05, 0) is 42.2 Å². The second-order valence-corrected chi connectivity index (χ2v) is 5.51. The molecule has 1 aliphatic carbocycles. The summed E-state index contributed by atoms with van der Waals surface area (Å²) in [7, 11) is 0. The number of hydrogen-bond donors (Lipinski definition) is 0. The van der Waals surface area contributed by atoms with Crippen molar-refractivity contribution in [3.05, 3.63) is 41.5 Å². The van der Waals surface area contributed by atoms with Crippen molar-refractivity contribution in [2.45, 2.75) is 39.0 Å². The van der Waals surface area contributed by atoms with Gasteiger partial charge in [0.25, 0.3) is 6.08 Å². The lowest BCUT2D eigenvalue weighted by Crippen LogP contribution is -2.14. The Morgan fingerprint density at radius 3 is 2.28 bits per heavy atom. The molecule has 0 nitrogen and oxygen atoms in total. The van der Waals surface area contributed by atoms with Crippen molar-refractivity contribution in [2.75, 3.05) is 0 Å². The molecule has 0 N–H and O–H groups in total. The SMILES string of the molecule is CC1CCC(Cc2ccc(C=C(F)F)cc2)CC1. The zero-order valence-corrected chi connectivity index (χ0v) is 10.8. The summed E-state index contributed by atoms with van der Waals surface area (Å²) in [5.74, 6) is 1.65. The average molecular weight is 250 g/mol. The molecule has 1 aromatic rings. The molecule has 0 spiro atoms. The van der Waals surface area contributed by atoms with Crippen LogP contribution in [0.3, 0.4) is 0 Å². The molecule has 2 heteroatoms. The van der Waals surface area contributed by atoms with E-state index in [2.05, 4.69) is 6.92 Å². The highest BCUT2D eigenvalue weighted by atomic mass is 19.3. The van der Waals surface area contributed by atoms with Crippen LogP contribution in [-0.2, 0) is 6.42 Å². The fraction of sp³-hybridized carbons (Fsp3) is 0.500. The van der Waals surface area contributed by atoms with Gasteiger partial charge in [0.05, 0.1) is 0 Å². The quantitative estimate of drug-likeness (QED) is 0.683. The van der Waals surface area contributed by atoms with Gasteiger partial charge in [0, 0.05) is 6.08 Å². The van der Waals surface area contributed by atoms with Crippen LogP contribution in [-0.4, -0.2) is 0 Å². The molecule has 0 amide bonds. The molecule has 18 heavy (non-hydrogen) atoms. The normalized spacial score (nSPS) is 23.7. The van der Waals surface area contributed by atoms with Crippen LogP contribution in [0.25, 0.3) is 6.08 Å². The van der Waals surface area contributed by atoms with Crippen molar-refractivity contribution in [1.29, 1.82) is 0 Å². The van der Waals surface area contributed by atoms with E-state index in [1.54, 1.807) is 12.1 Å². The monoisotopic (exact) mass is 250 g/mol. The molecule has 1 fully saturated rings. The third kappa shape index (κ3) is 3.94. The minimum Gasteiger partial charge on any atom is -0.173 e. The molecule has 0 unspecified atom stereocenters. The second kappa shape index (κ2) is 6.12. The minimum absolute atomic E-state index is 0.580. The molecule has 2 rings (SSSR count). The molecule has 1 aliphatic rings. The summed E-state index contributed by atoms with van der Waals surface area (Å²) < 4.78 is 24.2. The van der Waals surface area contributed by atoms with Gasteiger partial charge in [0.2, 0.25) is 0 Å². The van der Waals surface area contributed by atoms with Crippen LogP contribution in [0.15, 0.2) is 30.3 Å². The van der Waals surface area contributed by atoms with Gasteiger partial charge in [-0.3, -0.25) is 0 Å². The van der Waals surface area contributed by atoms with Gasteiger partial charge >= 0.3 is 0 Å². The predicted octanol–water partition coefficient (Wildman–Crippen LogP) is 5.29. The van der Waals surface area contributed by atoms with Crippen LogP contribution in [0, 0.1) is 11.8 Å². The summed E-state index contributed by atoms with van der Waals surface area (Å²) in [6.45, 7) is 2.32. The molecule has 0 aromatic heterocycles. The van der Waals surface area contributed by atoms with Crippen molar-refractivity contribution in [1.82, 2.24) is 0 Å². The average Bonchev–Trinajstić information content (AvgIpc) is 2.34. The highest BCUT2D eigenvalue weighted by molar-refractivity contribution is 5.50. The van der Waals surface area contributed by atoms with Crippen LogP contribution < -0.4 is 0 Å². The zero-order valence-electron chi connectivity index (χ0n) is 10.8. The van der Waals surface area contributed by atoms with Crippen LogP contribution in [0.5, 0.6) is 0 Å². The van der Waals surface area contributed by atoms with Crippen LogP contribution in [0.2, 0.25) is 0 Å². The third-order valence-electron chi connectivity index (χ3n) is 3.92. The molecule has 0 saturated heterocycles. The summed E-state index contributed by atoms with van der Waals surface area (Å²) in [5.41, 5.74) is 1.85. The van der Waals surface area contributed by atoms with Crippen molar-refractivity contribution in [3.63, 3.8) is 0 Å². The first-order chi connectivity index (χ1) is 8.63. The Morgan fingerprint density at radius 1 is 1.11 bits per heavy atom. The van der Waals surface area contributed by atoms with E-state index < -0.39 is 6.08 Å². The maximum atomic E-state index is 12.1. The Kier molecular flexibility index (Phi) is 4.51. The molecule has 98 valence electrons. The molecule has 1 aromatic carbocycles. The van der Waals surface area contributed by atoms with Gasteiger partial charge in [0.1, 0.15) is 0 Å². The van der Waals surface area contributed by atoms with Crippen LogP contribution in [0.4, 0.5) is 8.78 Å². The smallest absolute Gasteiger partial charge is 0.173 e. The lowest BCUT2D eigenvalue weighted by atomic mass is 9.80. The van der Waals surface area contributed by atoms with Crippen molar-refractivity contribution < 1.29 is 8.78 Å². The van der Waals surface area contributed by atoms with Gasteiger partial charge < -0.3 is 0 Å². The summed E-state index contributed by atoms with van der Waals surface area (Å²) in [4.78, 5) is 0. The van der Waals surface area contributed by atoms with E-state index in [1.165, 1.54) is 31.2 Å². The third-order valence-corrected chi connectivity index (χ3v) is 3.92. The lowest BCUT2D eigenvalue weighted by Gasteiger charge is -2.26. The fourth-order valence-corrected chi connectivity index (χ4v) is 2.74. The van der Waals surface area contributed by atoms with E-state index in [0.717, 1.165) is 24.3 Å². The van der Waals surface area contributed by atoms with E-state index in [0.29, 0.717) is 5.56 Å². The minimum atomic E-state index is -1.64. The van der Waals surface area contributed by atoms with E-state index in [-0.39, 0.29) is 0 Å². The zero-order chi connectivity index (χ0) is 13.0. The number of benzene rings is 1. The first-order valence-electron chi connectivity index (χ1n) is 6.75. The highest BCUT2D eigenvalue weighted by Gasteiger charge is 2.18. The molecular formula is C16H20F2. The second-order valence-electron chi connectivity index (χ2n) is 5.51. The lowest BCUT2D eigenvalue weighted by molar-refractivity contribution is 0.289. The number of halogens is 2. The van der Waals surface area contributed by atoms with Gasteiger partial charge in [0.15, 0.2) is 0 Å². The summed E-state index contributed by atoms with van der Waals surface area (Å²) >= 11 is 0. The summed E-state index contributed by atoms with van der Waals surface area (Å²) in [5, 5.41) is 0. The van der Waals surface area contributed by atoms with E-state index in [1.807, 2.05) is 12.1 Å². The molecule has 1 saturated carbocycles. The van der Waals surface area contributed by atoms with Crippen LogP contribution >= 0.6 is 0 Å². The summed E-state index contributed by atoms with van der Waals surface area (Å²) in [6, 6.07) is 7.51. The standard InChI is InChI=1S/C16H20F2/c1-12-2-4-13(5-3-12)10-14-6-8-15(9-7-14)11-16(17)18/h6-9,11-13H,2-5,10H2,1H3. The maximum Gasteiger partial charge on any atom is 0.270 e. The molecule has 0 aliphatic heterocycles. The van der Waals surface area contributed by atoms with Gasteiger partial charge in [-0.25, -0.2) is 0 Å². The van der Waals surface area contributed by atoms with Crippen molar-refractivity contribution in [2.24, 2.45) is 11.8 Å². The largest absolute Gasteiger partial charge is 0.270 e. The van der Waals surface area contributed by atoms with Crippen molar-refractivity contribution in [3.8, 4) is 0 Å². The van der Waals surface area contributed by atoms with Gasteiger partial charge in [-0.2, -0.15) is 8.78 Å². The van der Waals surface area contributed by atoms with E-state index >= 15 is 0 Å². The summed E-state index contributed by atoms with van der Waals surface area (Å²) in [6.07, 6.45) is 5.64. The Labute approximate surface area is 108 Å². The van der Waals surface area contributed by atoms with E-state index in [4.69, 9.17) is 0 Å². The van der Waals surface area contributed by atoms with Gasteiger partial charge in [-0.15, -0.1) is 0 Å². The first kappa shape index (κ1) is 13.3. The predicted molar refractivity (Wildman–Crippen MR) is 71.5 cm³/mol. The molecule has 0 radical (unpaired) electrons. The molecular weight excluding hydrogens is 230 g/mol. The number of hydrogen-bond acceptors (Lipinski definition) is 0. The topological polar surface area (TPSA) is 0 Å². The molecule has 0 heterocycles. The van der Waals surface area contributed by atoms with Gasteiger partial charge in [-0.1, -0.05) is 44.0 Å². The number of rotatable bonds is 3. The molecule has 0 bridgehead atoms. The maximum absolute atomic E-state index is 12.1. The first-order valence-corrected chi connectivity index (χ1v) is 6.75. The highest BCUT2D eigenvalue weighted by Crippen LogP contribution is 2.30. The Hall–Kier alpha value is -1.18. The molecule has 0 atom stereocenters. The Morgan fingerprint density at radius 2 is 1.72 bits per heavy atom. The fourth-order valence-electron chi connectivity index (χ4n) is 2.74. The Bertz CT molecular complexity index is 394.